The second-order valence-electron chi connectivity index (χ2n) is 4.37. The lowest BCUT2D eigenvalue weighted by Gasteiger charge is -2.12. The third-order valence-electron chi connectivity index (χ3n) is 3.05. The van der Waals surface area contributed by atoms with Gasteiger partial charge in [-0.3, -0.25) is 4.98 Å². The molecule has 19 heavy (non-hydrogen) atoms. The van der Waals surface area contributed by atoms with Crippen molar-refractivity contribution in [1.82, 2.24) is 4.98 Å². The number of nitrogens with zero attached hydrogens (tertiary/aromatic N) is 1. The quantitative estimate of drug-likeness (QED) is 0.773. The monoisotopic (exact) mass is 333 g/mol. The minimum atomic E-state index is -0.501. The van der Waals surface area contributed by atoms with Gasteiger partial charge in [-0.15, -0.1) is 11.3 Å². The molecule has 1 atom stereocenters. The second kappa shape index (κ2) is 5.41. The molecule has 0 fully saturated rings. The van der Waals surface area contributed by atoms with Gasteiger partial charge in [-0.05, 0) is 39.7 Å². The number of pyridine rings is 1. The van der Waals surface area contributed by atoms with Crippen molar-refractivity contribution in [3.63, 3.8) is 0 Å². The molecule has 2 aromatic heterocycles. The fourth-order valence-corrected chi connectivity index (χ4v) is 3.67. The SMILES string of the molecule is OC(Cc1cc(Br)cs1)c1cccc2ncccc12. The van der Waals surface area contributed by atoms with Crippen molar-refractivity contribution in [2.45, 2.75) is 12.5 Å². The molecule has 0 aliphatic heterocycles. The van der Waals surface area contributed by atoms with Gasteiger partial charge in [0, 0.05) is 32.7 Å². The smallest absolute Gasteiger partial charge is 0.0844 e. The lowest BCUT2D eigenvalue weighted by atomic mass is 10.0. The van der Waals surface area contributed by atoms with E-state index in [0.717, 1.165) is 20.9 Å². The van der Waals surface area contributed by atoms with Crippen LogP contribution in [-0.2, 0) is 6.42 Å². The highest BCUT2D eigenvalue weighted by Gasteiger charge is 2.13. The number of hydrogen-bond donors (Lipinski definition) is 1. The number of fused-ring (bicyclic) bond motifs is 1. The molecule has 0 saturated carbocycles. The maximum atomic E-state index is 10.4. The largest absolute Gasteiger partial charge is 0.388 e. The van der Waals surface area contributed by atoms with Gasteiger partial charge in [0.25, 0.3) is 0 Å². The van der Waals surface area contributed by atoms with Gasteiger partial charge in [0.05, 0.1) is 11.6 Å². The average Bonchev–Trinajstić information content (AvgIpc) is 2.83. The molecular formula is C15H12BrNOS. The molecular weight excluding hydrogens is 322 g/mol. The summed E-state index contributed by atoms with van der Waals surface area (Å²) in [4.78, 5) is 5.49. The molecule has 4 heteroatoms. The molecule has 0 aliphatic rings. The van der Waals surface area contributed by atoms with Crippen LogP contribution < -0.4 is 0 Å². The highest BCUT2D eigenvalue weighted by atomic mass is 79.9. The first-order valence-corrected chi connectivity index (χ1v) is 7.66. The van der Waals surface area contributed by atoms with Crippen molar-refractivity contribution < 1.29 is 5.11 Å². The normalized spacial score (nSPS) is 12.7. The molecule has 0 spiro atoms. The molecule has 96 valence electrons. The Balaban J connectivity index is 1.95. The van der Waals surface area contributed by atoms with Crippen LogP contribution in [0, 0.1) is 0 Å². The fraction of sp³-hybridized carbons (Fsp3) is 0.133. The Hall–Kier alpha value is -1.23. The van der Waals surface area contributed by atoms with Gasteiger partial charge in [0.1, 0.15) is 0 Å². The summed E-state index contributed by atoms with van der Waals surface area (Å²) >= 11 is 5.09. The zero-order chi connectivity index (χ0) is 13.2. The molecule has 0 radical (unpaired) electrons. The summed E-state index contributed by atoms with van der Waals surface area (Å²) in [5.74, 6) is 0. The number of aliphatic hydroxyl groups excluding tert-OH is 1. The van der Waals surface area contributed by atoms with E-state index in [4.69, 9.17) is 0 Å². The Morgan fingerprint density at radius 1 is 1.26 bits per heavy atom. The fourth-order valence-electron chi connectivity index (χ4n) is 2.18. The third kappa shape index (κ3) is 2.71. The maximum absolute atomic E-state index is 10.4. The highest BCUT2D eigenvalue weighted by molar-refractivity contribution is 9.10. The Kier molecular flexibility index (Phi) is 3.64. The van der Waals surface area contributed by atoms with Crippen LogP contribution >= 0.6 is 27.3 Å². The standard InChI is InChI=1S/C15H12BrNOS/c16-10-7-11(19-9-10)8-15(18)13-3-1-5-14-12(13)4-2-6-17-14/h1-7,9,15,18H,8H2. The number of thiophene rings is 1. The van der Waals surface area contributed by atoms with Crippen LogP contribution in [0.4, 0.5) is 0 Å². The van der Waals surface area contributed by atoms with Gasteiger partial charge in [0.2, 0.25) is 0 Å². The van der Waals surface area contributed by atoms with Crippen LogP contribution in [0.2, 0.25) is 0 Å². The van der Waals surface area contributed by atoms with Gasteiger partial charge in [0.15, 0.2) is 0 Å². The molecule has 0 amide bonds. The van der Waals surface area contributed by atoms with Gasteiger partial charge < -0.3 is 5.11 Å². The van der Waals surface area contributed by atoms with E-state index in [-0.39, 0.29) is 0 Å². The van der Waals surface area contributed by atoms with E-state index < -0.39 is 6.10 Å². The van der Waals surface area contributed by atoms with Crippen LogP contribution in [0.3, 0.4) is 0 Å². The lowest BCUT2D eigenvalue weighted by molar-refractivity contribution is 0.181. The van der Waals surface area contributed by atoms with E-state index in [1.165, 1.54) is 4.88 Å². The van der Waals surface area contributed by atoms with Crippen LogP contribution in [0.1, 0.15) is 16.5 Å². The van der Waals surface area contributed by atoms with E-state index in [0.29, 0.717) is 6.42 Å². The summed E-state index contributed by atoms with van der Waals surface area (Å²) in [6, 6.07) is 11.8. The number of benzene rings is 1. The molecule has 1 N–H and O–H groups in total. The van der Waals surface area contributed by atoms with Crippen molar-refractivity contribution in [2.24, 2.45) is 0 Å². The summed E-state index contributed by atoms with van der Waals surface area (Å²) in [6.07, 6.45) is 1.90. The molecule has 2 heterocycles. The molecule has 1 aromatic carbocycles. The first-order chi connectivity index (χ1) is 9.24. The van der Waals surface area contributed by atoms with Gasteiger partial charge in [-0.1, -0.05) is 18.2 Å². The Labute approximate surface area is 123 Å². The minimum absolute atomic E-state index is 0.501. The minimum Gasteiger partial charge on any atom is -0.388 e. The highest BCUT2D eigenvalue weighted by Crippen LogP contribution is 2.28. The molecule has 0 bridgehead atoms. The topological polar surface area (TPSA) is 33.1 Å². The summed E-state index contributed by atoms with van der Waals surface area (Å²) in [7, 11) is 0. The molecule has 3 rings (SSSR count). The molecule has 0 saturated heterocycles. The van der Waals surface area contributed by atoms with E-state index in [2.05, 4.69) is 27.0 Å². The lowest BCUT2D eigenvalue weighted by Crippen LogP contribution is -2.01. The predicted molar refractivity (Wildman–Crippen MR) is 82.4 cm³/mol. The van der Waals surface area contributed by atoms with Crippen molar-refractivity contribution in [3.8, 4) is 0 Å². The van der Waals surface area contributed by atoms with Crippen molar-refractivity contribution in [2.75, 3.05) is 0 Å². The van der Waals surface area contributed by atoms with Crippen molar-refractivity contribution in [1.29, 1.82) is 0 Å². The van der Waals surface area contributed by atoms with Crippen molar-refractivity contribution >= 4 is 38.2 Å². The van der Waals surface area contributed by atoms with Gasteiger partial charge >= 0.3 is 0 Å². The van der Waals surface area contributed by atoms with Crippen molar-refractivity contribution in [3.05, 3.63) is 62.9 Å². The van der Waals surface area contributed by atoms with Crippen LogP contribution in [0.15, 0.2) is 52.4 Å². The second-order valence-corrected chi connectivity index (χ2v) is 6.28. The molecule has 2 nitrogen and oxygen atoms in total. The number of rotatable bonds is 3. The van der Waals surface area contributed by atoms with Crippen LogP contribution in [-0.4, -0.2) is 10.1 Å². The molecule has 3 aromatic rings. The predicted octanol–water partition coefficient (Wildman–Crippen LogP) is 4.33. The van der Waals surface area contributed by atoms with Crippen LogP contribution in [0.5, 0.6) is 0 Å². The van der Waals surface area contributed by atoms with Gasteiger partial charge in [-0.2, -0.15) is 0 Å². The maximum Gasteiger partial charge on any atom is 0.0844 e. The zero-order valence-electron chi connectivity index (χ0n) is 10.1. The Morgan fingerprint density at radius 2 is 2.16 bits per heavy atom. The summed E-state index contributed by atoms with van der Waals surface area (Å²) in [5, 5.41) is 13.5. The van der Waals surface area contributed by atoms with Gasteiger partial charge in [-0.25, -0.2) is 0 Å². The van der Waals surface area contributed by atoms with E-state index in [1.54, 1.807) is 17.5 Å². The summed E-state index contributed by atoms with van der Waals surface area (Å²) in [5.41, 5.74) is 1.86. The molecule has 1 unspecified atom stereocenters. The third-order valence-corrected chi connectivity index (χ3v) is 4.77. The summed E-state index contributed by atoms with van der Waals surface area (Å²) < 4.78 is 1.07. The average molecular weight is 334 g/mol. The number of aromatic nitrogens is 1. The Bertz CT molecular complexity index is 705. The summed E-state index contributed by atoms with van der Waals surface area (Å²) in [6.45, 7) is 0. The molecule has 0 aliphatic carbocycles. The first kappa shape index (κ1) is 12.8. The van der Waals surface area contributed by atoms with E-state index in [9.17, 15) is 5.11 Å². The number of halogens is 1. The Morgan fingerprint density at radius 3 is 2.95 bits per heavy atom. The number of aliphatic hydroxyl groups is 1. The van der Waals surface area contributed by atoms with E-state index >= 15 is 0 Å². The van der Waals surface area contributed by atoms with E-state index in [1.807, 2.05) is 35.7 Å². The first-order valence-electron chi connectivity index (χ1n) is 5.98. The number of hydrogen-bond acceptors (Lipinski definition) is 3. The van der Waals surface area contributed by atoms with Crippen LogP contribution in [0.25, 0.3) is 10.9 Å². The zero-order valence-corrected chi connectivity index (χ0v) is 12.5.